The van der Waals surface area contributed by atoms with Gasteiger partial charge in [-0.15, -0.1) is 0 Å². The second-order valence-corrected chi connectivity index (χ2v) is 5.80. The molecule has 0 unspecified atom stereocenters. The highest BCUT2D eigenvalue weighted by Gasteiger charge is 2.18. The van der Waals surface area contributed by atoms with Gasteiger partial charge in [-0.1, -0.05) is 27.2 Å². The fourth-order valence-electron chi connectivity index (χ4n) is 2.41. The predicted octanol–water partition coefficient (Wildman–Crippen LogP) is 3.22. The number of hydrogen-bond acceptors (Lipinski definition) is 3. The largest absolute Gasteiger partial charge is 0.342 e. The number of unbranched alkanes of at least 4 members (excludes halogenated alkanes) is 1. The lowest BCUT2D eigenvalue weighted by molar-refractivity contribution is 0.0749. The molecule has 0 radical (unpaired) electrons. The van der Waals surface area contributed by atoms with Gasteiger partial charge in [0.15, 0.2) is 0 Å². The van der Waals surface area contributed by atoms with Crippen LogP contribution in [0.5, 0.6) is 0 Å². The molecule has 0 N–H and O–H groups in total. The molecule has 23 heavy (non-hydrogen) atoms. The van der Waals surface area contributed by atoms with E-state index in [4.69, 9.17) is 0 Å². The van der Waals surface area contributed by atoms with Gasteiger partial charge < -0.3 is 9.80 Å². The Balaban J connectivity index is 2.90. The molecule has 128 valence electrons. The van der Waals surface area contributed by atoms with E-state index in [0.717, 1.165) is 32.2 Å². The molecule has 0 aliphatic rings. The second-order valence-electron chi connectivity index (χ2n) is 5.80. The van der Waals surface area contributed by atoms with Crippen LogP contribution in [-0.2, 0) is 0 Å². The Bertz CT molecular complexity index is 511. The molecule has 0 bridgehead atoms. The molecule has 0 aliphatic carbocycles. The van der Waals surface area contributed by atoms with E-state index in [9.17, 15) is 9.59 Å². The van der Waals surface area contributed by atoms with Gasteiger partial charge in [-0.2, -0.15) is 0 Å². The van der Waals surface area contributed by atoms with E-state index in [1.807, 2.05) is 13.8 Å². The molecular weight excluding hydrogens is 290 g/mol. The van der Waals surface area contributed by atoms with E-state index < -0.39 is 0 Å². The molecule has 0 saturated heterocycles. The van der Waals surface area contributed by atoms with Crippen molar-refractivity contribution >= 4 is 11.8 Å². The van der Waals surface area contributed by atoms with Crippen LogP contribution in [0.25, 0.3) is 0 Å². The summed E-state index contributed by atoms with van der Waals surface area (Å²) in [6.07, 6.45) is 5.37. The van der Waals surface area contributed by atoms with Crippen LogP contribution in [0, 0.1) is 0 Å². The maximum absolute atomic E-state index is 12.6. The molecule has 1 aromatic rings. The highest BCUT2D eigenvalue weighted by Crippen LogP contribution is 2.09. The average Bonchev–Trinajstić information content (AvgIpc) is 2.58. The summed E-state index contributed by atoms with van der Waals surface area (Å²) >= 11 is 0. The third-order valence-corrected chi connectivity index (χ3v) is 3.69. The van der Waals surface area contributed by atoms with Gasteiger partial charge in [0.05, 0.1) is 0 Å². The van der Waals surface area contributed by atoms with Gasteiger partial charge in [-0.05, 0) is 31.4 Å². The van der Waals surface area contributed by atoms with E-state index >= 15 is 0 Å². The van der Waals surface area contributed by atoms with Gasteiger partial charge in [0.25, 0.3) is 11.8 Å². The van der Waals surface area contributed by atoms with Crippen molar-refractivity contribution in [1.29, 1.82) is 0 Å². The van der Waals surface area contributed by atoms with Crippen LogP contribution in [0.4, 0.5) is 0 Å². The van der Waals surface area contributed by atoms with Crippen LogP contribution in [0.3, 0.4) is 0 Å². The maximum Gasteiger partial charge on any atom is 0.272 e. The third kappa shape index (κ3) is 5.66. The van der Waals surface area contributed by atoms with Crippen molar-refractivity contribution < 1.29 is 9.59 Å². The zero-order valence-electron chi connectivity index (χ0n) is 14.8. The Morgan fingerprint density at radius 1 is 1.00 bits per heavy atom. The standard InChI is InChI=1S/C18H29N3O2/c1-5-8-13-20(4)17(22)15-9-10-19-16(14-15)18(23)21(11-6-2)12-7-3/h9-10,14H,5-8,11-13H2,1-4H3. The molecule has 1 rings (SSSR count). The fraction of sp³-hybridized carbons (Fsp3) is 0.611. The predicted molar refractivity (Wildman–Crippen MR) is 92.6 cm³/mol. The lowest BCUT2D eigenvalue weighted by Crippen LogP contribution is -2.33. The summed E-state index contributed by atoms with van der Waals surface area (Å²) in [5.41, 5.74) is 0.872. The Labute approximate surface area is 139 Å². The van der Waals surface area contributed by atoms with Gasteiger partial charge >= 0.3 is 0 Å². The average molecular weight is 319 g/mol. The van der Waals surface area contributed by atoms with Crippen molar-refractivity contribution in [3.8, 4) is 0 Å². The number of rotatable bonds is 9. The van der Waals surface area contributed by atoms with Crippen molar-refractivity contribution in [2.24, 2.45) is 0 Å². The molecule has 0 saturated carbocycles. The summed E-state index contributed by atoms with van der Waals surface area (Å²) in [6.45, 7) is 8.33. The number of pyridine rings is 1. The number of nitrogens with zero attached hydrogens (tertiary/aromatic N) is 3. The van der Waals surface area contributed by atoms with Gasteiger partial charge in [0.1, 0.15) is 5.69 Å². The first-order valence-electron chi connectivity index (χ1n) is 8.55. The highest BCUT2D eigenvalue weighted by atomic mass is 16.2. The summed E-state index contributed by atoms with van der Waals surface area (Å²) in [4.78, 5) is 32.7. The first kappa shape index (κ1) is 19.1. The lowest BCUT2D eigenvalue weighted by Gasteiger charge is -2.21. The Hall–Kier alpha value is -1.91. The van der Waals surface area contributed by atoms with Gasteiger partial charge in [-0.25, -0.2) is 0 Å². The first-order valence-corrected chi connectivity index (χ1v) is 8.55. The third-order valence-electron chi connectivity index (χ3n) is 3.69. The van der Waals surface area contributed by atoms with E-state index in [1.54, 1.807) is 35.2 Å². The maximum atomic E-state index is 12.6. The van der Waals surface area contributed by atoms with Crippen LogP contribution in [-0.4, -0.2) is 53.3 Å². The van der Waals surface area contributed by atoms with Crippen molar-refractivity contribution in [3.63, 3.8) is 0 Å². The molecule has 1 heterocycles. The number of hydrogen-bond donors (Lipinski definition) is 0. The van der Waals surface area contributed by atoms with Crippen molar-refractivity contribution in [1.82, 2.24) is 14.8 Å². The quantitative estimate of drug-likeness (QED) is 0.702. The summed E-state index contributed by atoms with van der Waals surface area (Å²) in [6, 6.07) is 3.29. The monoisotopic (exact) mass is 319 g/mol. The van der Waals surface area contributed by atoms with Crippen LogP contribution in [0.15, 0.2) is 18.3 Å². The number of aromatic nitrogens is 1. The summed E-state index contributed by atoms with van der Waals surface area (Å²) < 4.78 is 0. The van der Waals surface area contributed by atoms with Gasteiger partial charge in [-0.3, -0.25) is 14.6 Å². The normalized spacial score (nSPS) is 10.4. The fourth-order valence-corrected chi connectivity index (χ4v) is 2.41. The van der Waals surface area contributed by atoms with Crippen LogP contribution < -0.4 is 0 Å². The minimum Gasteiger partial charge on any atom is -0.342 e. The van der Waals surface area contributed by atoms with Gasteiger partial charge in [0.2, 0.25) is 0 Å². The van der Waals surface area contributed by atoms with Crippen molar-refractivity contribution in [3.05, 3.63) is 29.6 Å². The number of carbonyl (C=O) groups excluding carboxylic acids is 2. The van der Waals surface area contributed by atoms with E-state index in [-0.39, 0.29) is 11.8 Å². The molecule has 5 heteroatoms. The summed E-state index contributed by atoms with van der Waals surface area (Å²) in [5.74, 6) is -0.160. The topological polar surface area (TPSA) is 53.5 Å². The van der Waals surface area contributed by atoms with Crippen molar-refractivity contribution in [2.45, 2.75) is 46.5 Å². The molecular formula is C18H29N3O2. The molecule has 0 fully saturated rings. The van der Waals surface area contributed by atoms with Crippen molar-refractivity contribution in [2.75, 3.05) is 26.7 Å². The number of amides is 2. The molecule has 0 aromatic carbocycles. The molecule has 0 spiro atoms. The second kappa shape index (κ2) is 9.98. The van der Waals surface area contributed by atoms with Crippen LogP contribution in [0.2, 0.25) is 0 Å². The smallest absolute Gasteiger partial charge is 0.272 e. The van der Waals surface area contributed by atoms with Crippen LogP contribution >= 0.6 is 0 Å². The molecule has 2 amide bonds. The van der Waals surface area contributed by atoms with E-state index in [1.165, 1.54) is 0 Å². The molecule has 1 aromatic heterocycles. The Morgan fingerprint density at radius 2 is 1.65 bits per heavy atom. The SMILES string of the molecule is CCCCN(C)C(=O)c1ccnc(C(=O)N(CCC)CCC)c1. The van der Waals surface area contributed by atoms with Gasteiger partial charge in [0, 0.05) is 38.4 Å². The summed E-state index contributed by atoms with van der Waals surface area (Å²) in [5, 5.41) is 0. The zero-order valence-corrected chi connectivity index (χ0v) is 14.8. The minimum absolute atomic E-state index is 0.0626. The Kier molecular flexibility index (Phi) is 8.30. The van der Waals surface area contributed by atoms with Crippen LogP contribution in [0.1, 0.15) is 67.3 Å². The lowest BCUT2D eigenvalue weighted by atomic mass is 10.1. The minimum atomic E-state index is -0.0976. The van der Waals surface area contributed by atoms with E-state index in [2.05, 4.69) is 11.9 Å². The zero-order chi connectivity index (χ0) is 17.2. The first-order chi connectivity index (χ1) is 11.0. The molecule has 0 atom stereocenters. The number of carbonyl (C=O) groups is 2. The summed E-state index contributed by atoms with van der Waals surface area (Å²) in [7, 11) is 1.79. The highest BCUT2D eigenvalue weighted by molar-refractivity contribution is 5.98. The molecule has 5 nitrogen and oxygen atoms in total. The molecule has 0 aliphatic heterocycles. The van der Waals surface area contributed by atoms with E-state index in [0.29, 0.717) is 24.3 Å². The Morgan fingerprint density at radius 3 is 2.22 bits per heavy atom.